The quantitative estimate of drug-likeness (QED) is 0.184. The number of thioether (sulfide) groups is 1. The Hall–Kier alpha value is -3.01. The first-order valence-corrected chi connectivity index (χ1v) is 15.5. The minimum Gasteiger partial charge on any atom is -0.456 e. The summed E-state index contributed by atoms with van der Waals surface area (Å²) in [4.78, 5) is 24.5. The van der Waals surface area contributed by atoms with Gasteiger partial charge in [-0.2, -0.15) is 0 Å². The van der Waals surface area contributed by atoms with Gasteiger partial charge in [-0.05, 0) is 29.4 Å². The van der Waals surface area contributed by atoms with Crippen LogP contribution in [0.2, 0.25) is 0 Å². The van der Waals surface area contributed by atoms with E-state index in [2.05, 4.69) is 0 Å². The minimum atomic E-state index is -0.746. The number of esters is 1. The largest absolute Gasteiger partial charge is 0.456 e. The van der Waals surface area contributed by atoms with Crippen molar-refractivity contribution in [3.8, 4) is 0 Å². The second-order valence-corrected chi connectivity index (χ2v) is 11.6. The van der Waals surface area contributed by atoms with Crippen LogP contribution in [-0.4, -0.2) is 54.0 Å². The summed E-state index contributed by atoms with van der Waals surface area (Å²) in [6, 6.07) is 29.7. The predicted octanol–water partition coefficient (Wildman–Crippen LogP) is 6.13. The normalized spacial score (nSPS) is 22.0. The fraction of sp³-hybridized carbons (Fsp3) is 0.412. The Morgan fingerprint density at radius 2 is 1.24 bits per heavy atom. The molecule has 4 rings (SSSR count). The monoisotopic (exact) mass is 592 g/mol. The van der Waals surface area contributed by atoms with Gasteiger partial charge >= 0.3 is 5.97 Å². The van der Waals surface area contributed by atoms with Crippen LogP contribution in [0.1, 0.15) is 43.4 Å². The highest BCUT2D eigenvalue weighted by molar-refractivity contribution is 7.99. The first-order chi connectivity index (χ1) is 20.5. The first-order valence-electron chi connectivity index (χ1n) is 14.4. The van der Waals surface area contributed by atoms with Gasteiger partial charge in [0.2, 0.25) is 0 Å². The van der Waals surface area contributed by atoms with E-state index < -0.39 is 35.8 Å². The number of hydrogen-bond acceptors (Lipinski definition) is 8. The Morgan fingerprint density at radius 1 is 0.714 bits per heavy atom. The lowest BCUT2D eigenvalue weighted by atomic mass is 9.98. The molecule has 1 heterocycles. The number of Topliss-reactive ketones (excluding diaryl/α,β-unsaturated/α-hetero) is 1. The highest BCUT2D eigenvalue weighted by Gasteiger charge is 2.49. The van der Waals surface area contributed by atoms with Gasteiger partial charge in [0.15, 0.2) is 6.10 Å². The third-order valence-electron chi connectivity index (χ3n) is 6.84. The molecule has 8 heteroatoms. The summed E-state index contributed by atoms with van der Waals surface area (Å²) in [7, 11) is 0. The maximum Gasteiger partial charge on any atom is 0.306 e. The maximum atomic E-state index is 12.9. The topological polar surface area (TPSA) is 80.3 Å². The fourth-order valence-corrected chi connectivity index (χ4v) is 5.67. The lowest BCUT2D eigenvalue weighted by molar-refractivity contribution is -0.249. The van der Waals surface area contributed by atoms with Crippen LogP contribution in [0, 0.1) is 0 Å². The second kappa shape index (κ2) is 17.2. The molecular weight excluding hydrogens is 552 g/mol. The van der Waals surface area contributed by atoms with Crippen LogP contribution < -0.4 is 0 Å². The molecule has 0 saturated carbocycles. The molecule has 0 aliphatic carbocycles. The van der Waals surface area contributed by atoms with Crippen molar-refractivity contribution in [1.29, 1.82) is 0 Å². The Labute approximate surface area is 252 Å². The standard InChI is InChI=1S/C34H40O7S/c1-3-42-34-33(41-30(36)20-19-25(2)35)32(39-23-28-17-11-6-12-18-28)31(38-22-27-15-9-5-10-16-27)29(40-34)24-37-21-26-13-7-4-8-14-26/h4-18,29,31-34H,3,19-24H2,1-2H3/t29-,31-,32+,33+,34-/m1/s1. The molecule has 5 atom stereocenters. The van der Waals surface area contributed by atoms with Gasteiger partial charge in [-0.25, -0.2) is 0 Å². The predicted molar refractivity (Wildman–Crippen MR) is 163 cm³/mol. The van der Waals surface area contributed by atoms with E-state index in [1.807, 2.05) is 97.9 Å². The molecule has 0 N–H and O–H groups in total. The van der Waals surface area contributed by atoms with Crippen molar-refractivity contribution in [2.45, 2.75) is 76.4 Å². The number of ether oxygens (including phenoxy) is 5. The molecule has 1 fully saturated rings. The van der Waals surface area contributed by atoms with E-state index in [1.54, 1.807) is 11.8 Å². The second-order valence-electron chi connectivity index (χ2n) is 10.2. The van der Waals surface area contributed by atoms with Gasteiger partial charge in [0.25, 0.3) is 0 Å². The molecule has 3 aromatic carbocycles. The zero-order valence-corrected chi connectivity index (χ0v) is 25.1. The average Bonchev–Trinajstić information content (AvgIpc) is 3.01. The van der Waals surface area contributed by atoms with Crippen molar-refractivity contribution in [1.82, 2.24) is 0 Å². The van der Waals surface area contributed by atoms with Crippen LogP contribution in [0.15, 0.2) is 91.0 Å². The number of carbonyl (C=O) groups is 2. The van der Waals surface area contributed by atoms with Gasteiger partial charge in [0.05, 0.1) is 32.8 Å². The summed E-state index contributed by atoms with van der Waals surface area (Å²) in [6.45, 7) is 4.82. The van der Waals surface area contributed by atoms with Crippen LogP contribution in [0.5, 0.6) is 0 Å². The van der Waals surface area contributed by atoms with Crippen molar-refractivity contribution in [2.24, 2.45) is 0 Å². The molecule has 7 nitrogen and oxygen atoms in total. The molecule has 1 saturated heterocycles. The van der Waals surface area contributed by atoms with Crippen molar-refractivity contribution in [3.63, 3.8) is 0 Å². The number of benzene rings is 3. The van der Waals surface area contributed by atoms with Crippen LogP contribution in [-0.2, 0) is 53.1 Å². The molecule has 0 bridgehead atoms. The van der Waals surface area contributed by atoms with Gasteiger partial charge in [0.1, 0.15) is 29.5 Å². The fourth-order valence-electron chi connectivity index (χ4n) is 4.72. The highest BCUT2D eigenvalue weighted by atomic mass is 32.2. The third kappa shape index (κ3) is 10.1. The molecule has 1 aliphatic heterocycles. The molecular formula is C34H40O7S. The Morgan fingerprint density at radius 3 is 1.76 bits per heavy atom. The molecule has 0 spiro atoms. The number of carbonyl (C=O) groups excluding carboxylic acids is 2. The van der Waals surface area contributed by atoms with Gasteiger partial charge in [-0.1, -0.05) is 97.9 Å². The molecule has 0 unspecified atom stereocenters. The molecule has 0 amide bonds. The highest BCUT2D eigenvalue weighted by Crippen LogP contribution is 2.35. The van der Waals surface area contributed by atoms with E-state index in [9.17, 15) is 9.59 Å². The smallest absolute Gasteiger partial charge is 0.306 e. The Balaban J connectivity index is 1.60. The van der Waals surface area contributed by atoms with Gasteiger partial charge in [-0.15, -0.1) is 11.8 Å². The average molecular weight is 593 g/mol. The molecule has 224 valence electrons. The Kier molecular flexibility index (Phi) is 13.1. The van der Waals surface area contributed by atoms with Crippen molar-refractivity contribution in [2.75, 3.05) is 12.4 Å². The van der Waals surface area contributed by atoms with Crippen LogP contribution >= 0.6 is 11.8 Å². The zero-order valence-electron chi connectivity index (χ0n) is 24.3. The molecule has 0 radical (unpaired) electrons. The van der Waals surface area contributed by atoms with Crippen molar-refractivity contribution >= 4 is 23.5 Å². The SMILES string of the molecule is CCS[C@H]1O[C@H](COCc2ccccc2)[C@@H](OCc2ccccc2)[C@H](OCc2ccccc2)[C@@H]1OC(=O)CCC(C)=O. The van der Waals surface area contributed by atoms with Crippen molar-refractivity contribution in [3.05, 3.63) is 108 Å². The summed E-state index contributed by atoms with van der Waals surface area (Å²) < 4.78 is 31.9. The summed E-state index contributed by atoms with van der Waals surface area (Å²) >= 11 is 1.54. The zero-order chi connectivity index (χ0) is 29.6. The number of rotatable bonds is 16. The molecule has 42 heavy (non-hydrogen) atoms. The van der Waals surface area contributed by atoms with E-state index >= 15 is 0 Å². The van der Waals surface area contributed by atoms with Gasteiger partial charge in [-0.3, -0.25) is 4.79 Å². The summed E-state index contributed by atoms with van der Waals surface area (Å²) in [5, 5.41) is 0. The van der Waals surface area contributed by atoms with Crippen LogP contribution in [0.4, 0.5) is 0 Å². The Bertz CT molecular complexity index is 1210. The minimum absolute atomic E-state index is 0.0000945. The number of ketones is 1. The summed E-state index contributed by atoms with van der Waals surface area (Å²) in [5.74, 6) is 0.211. The van der Waals surface area contributed by atoms with Gasteiger partial charge in [0, 0.05) is 6.42 Å². The van der Waals surface area contributed by atoms with E-state index in [4.69, 9.17) is 23.7 Å². The van der Waals surface area contributed by atoms with E-state index in [1.165, 1.54) is 6.92 Å². The van der Waals surface area contributed by atoms with Gasteiger partial charge < -0.3 is 28.5 Å². The molecule has 1 aliphatic rings. The van der Waals surface area contributed by atoms with E-state index in [-0.39, 0.29) is 25.2 Å². The van der Waals surface area contributed by atoms with Crippen LogP contribution in [0.3, 0.4) is 0 Å². The maximum absolute atomic E-state index is 12.9. The van der Waals surface area contributed by atoms with E-state index in [0.717, 1.165) is 22.4 Å². The molecule has 3 aromatic rings. The lowest BCUT2D eigenvalue weighted by Gasteiger charge is -2.45. The first kappa shape index (κ1) is 31.9. The summed E-state index contributed by atoms with van der Waals surface area (Å²) in [5.41, 5.74) is 2.55. The third-order valence-corrected chi connectivity index (χ3v) is 7.88. The summed E-state index contributed by atoms with van der Waals surface area (Å²) in [6.07, 6.45) is -2.34. The van der Waals surface area contributed by atoms with Crippen LogP contribution in [0.25, 0.3) is 0 Å². The molecule has 0 aromatic heterocycles. The lowest BCUT2D eigenvalue weighted by Crippen LogP contribution is -2.60. The van der Waals surface area contributed by atoms with E-state index in [0.29, 0.717) is 19.8 Å². The van der Waals surface area contributed by atoms with Crippen molar-refractivity contribution < 1.29 is 33.3 Å². The number of hydrogen-bond donors (Lipinski definition) is 0.